The summed E-state index contributed by atoms with van der Waals surface area (Å²) < 4.78 is 45.6. The summed E-state index contributed by atoms with van der Waals surface area (Å²) in [6.45, 7) is 1.75. The summed E-state index contributed by atoms with van der Waals surface area (Å²) in [5.41, 5.74) is -0.885. The predicted octanol–water partition coefficient (Wildman–Crippen LogP) is 2.76. The van der Waals surface area contributed by atoms with Crippen molar-refractivity contribution in [2.45, 2.75) is 12.7 Å². The largest absolute Gasteiger partial charge is 0.475 e. The van der Waals surface area contributed by atoms with Gasteiger partial charge in [-0.2, -0.15) is 13.2 Å². The number of nitrogens with one attached hydrogen (secondary N) is 2. The van der Waals surface area contributed by atoms with Crippen molar-refractivity contribution >= 4 is 29.9 Å². The van der Waals surface area contributed by atoms with E-state index in [0.717, 1.165) is 12.6 Å². The Labute approximate surface area is 166 Å². The van der Waals surface area contributed by atoms with Gasteiger partial charge in [0.25, 0.3) is 0 Å². The molecule has 0 saturated carbocycles. The molecule has 0 unspecified atom stereocenters. The SMILES string of the molecule is CN=C(NCCOc1ncccc1C(F)(F)F)NCCn1cccc1.I. The van der Waals surface area contributed by atoms with Crippen LogP contribution in [0.3, 0.4) is 0 Å². The minimum atomic E-state index is -4.49. The third-order valence-electron chi connectivity index (χ3n) is 3.26. The first kappa shape index (κ1) is 22.1. The van der Waals surface area contributed by atoms with Crippen LogP contribution in [0.5, 0.6) is 5.88 Å². The van der Waals surface area contributed by atoms with Crippen LogP contribution in [0.15, 0.2) is 47.8 Å². The van der Waals surface area contributed by atoms with Crippen LogP contribution in [0.4, 0.5) is 13.2 Å². The highest BCUT2D eigenvalue weighted by Crippen LogP contribution is 2.34. The van der Waals surface area contributed by atoms with Crippen molar-refractivity contribution in [3.63, 3.8) is 0 Å². The molecule has 0 atom stereocenters. The summed E-state index contributed by atoms with van der Waals surface area (Å²) in [5.74, 6) is 0.125. The summed E-state index contributed by atoms with van der Waals surface area (Å²) in [7, 11) is 1.62. The Hall–Kier alpha value is -1.98. The standard InChI is InChI=1S/C16H20F3N5O.HI/c1-20-15(22-7-11-24-9-2-3-10-24)23-8-12-25-14-13(16(17,18)19)5-4-6-21-14;/h2-6,9-10H,7-8,11-12H2,1H3,(H2,20,22,23);1H. The van der Waals surface area contributed by atoms with Crippen LogP contribution in [-0.2, 0) is 12.7 Å². The molecule has 0 amide bonds. The molecule has 2 rings (SSSR count). The molecule has 26 heavy (non-hydrogen) atoms. The lowest BCUT2D eigenvalue weighted by Gasteiger charge is -2.14. The van der Waals surface area contributed by atoms with Crippen molar-refractivity contribution < 1.29 is 17.9 Å². The Balaban J connectivity index is 0.00000338. The Kier molecular flexibility index (Phi) is 9.24. The molecule has 6 nitrogen and oxygen atoms in total. The van der Waals surface area contributed by atoms with Crippen molar-refractivity contribution in [2.75, 3.05) is 26.7 Å². The number of pyridine rings is 1. The third kappa shape index (κ3) is 7.10. The van der Waals surface area contributed by atoms with Gasteiger partial charge in [-0.1, -0.05) is 0 Å². The number of aliphatic imine (C=N–C) groups is 1. The smallest absolute Gasteiger partial charge is 0.421 e. The number of hydrogen-bond donors (Lipinski definition) is 2. The van der Waals surface area contributed by atoms with E-state index in [0.29, 0.717) is 12.5 Å². The fraction of sp³-hybridized carbons (Fsp3) is 0.375. The van der Waals surface area contributed by atoms with Gasteiger partial charge in [0.2, 0.25) is 5.88 Å². The van der Waals surface area contributed by atoms with E-state index in [1.807, 2.05) is 29.1 Å². The van der Waals surface area contributed by atoms with Crippen molar-refractivity contribution in [1.29, 1.82) is 0 Å². The van der Waals surface area contributed by atoms with Gasteiger partial charge in [-0.15, -0.1) is 24.0 Å². The number of guanidine groups is 1. The van der Waals surface area contributed by atoms with Crippen LogP contribution in [0.2, 0.25) is 0 Å². The number of ether oxygens (including phenoxy) is 1. The van der Waals surface area contributed by atoms with Gasteiger partial charge >= 0.3 is 6.18 Å². The molecule has 0 aromatic carbocycles. The molecule has 0 aliphatic rings. The molecule has 0 fully saturated rings. The van der Waals surface area contributed by atoms with Crippen molar-refractivity contribution in [2.24, 2.45) is 4.99 Å². The molecule has 0 aliphatic heterocycles. The molecule has 2 N–H and O–H groups in total. The highest BCUT2D eigenvalue weighted by Gasteiger charge is 2.34. The van der Waals surface area contributed by atoms with Gasteiger partial charge in [0, 0.05) is 38.7 Å². The minimum absolute atomic E-state index is 0. The van der Waals surface area contributed by atoms with Crippen molar-refractivity contribution in [1.82, 2.24) is 20.2 Å². The third-order valence-corrected chi connectivity index (χ3v) is 3.26. The maximum atomic E-state index is 12.8. The van der Waals surface area contributed by atoms with Crippen LogP contribution in [-0.4, -0.2) is 42.3 Å². The van der Waals surface area contributed by atoms with Gasteiger partial charge in [-0.25, -0.2) is 4.98 Å². The summed E-state index contributed by atoms with van der Waals surface area (Å²) in [6, 6.07) is 6.05. The van der Waals surface area contributed by atoms with E-state index < -0.39 is 17.6 Å². The summed E-state index contributed by atoms with van der Waals surface area (Å²) in [4.78, 5) is 7.68. The Bertz CT molecular complexity index is 677. The van der Waals surface area contributed by atoms with Crippen LogP contribution in [0.1, 0.15) is 5.56 Å². The van der Waals surface area contributed by atoms with E-state index in [1.54, 1.807) is 7.05 Å². The Morgan fingerprint density at radius 2 is 1.88 bits per heavy atom. The highest BCUT2D eigenvalue weighted by atomic mass is 127. The lowest BCUT2D eigenvalue weighted by Crippen LogP contribution is -2.40. The maximum Gasteiger partial charge on any atom is 0.421 e. The van der Waals surface area contributed by atoms with E-state index in [4.69, 9.17) is 4.74 Å². The van der Waals surface area contributed by atoms with Gasteiger partial charge in [-0.05, 0) is 24.3 Å². The number of rotatable bonds is 7. The molecule has 144 valence electrons. The number of alkyl halides is 3. The molecule has 0 saturated heterocycles. The topological polar surface area (TPSA) is 63.5 Å². The summed E-state index contributed by atoms with van der Waals surface area (Å²) in [5, 5.41) is 6.08. The Morgan fingerprint density at radius 3 is 2.54 bits per heavy atom. The molecular weight excluding hydrogens is 462 g/mol. The first-order valence-electron chi connectivity index (χ1n) is 7.71. The van der Waals surface area contributed by atoms with E-state index in [9.17, 15) is 13.2 Å². The summed E-state index contributed by atoms with van der Waals surface area (Å²) in [6.07, 6.45) is 0.681. The number of nitrogens with zero attached hydrogens (tertiary/aromatic N) is 3. The first-order chi connectivity index (χ1) is 12.0. The van der Waals surface area contributed by atoms with Gasteiger partial charge in [0.1, 0.15) is 12.2 Å². The second-order valence-corrected chi connectivity index (χ2v) is 5.05. The molecule has 0 aliphatic carbocycles. The molecule has 2 aromatic rings. The van der Waals surface area contributed by atoms with Crippen LogP contribution in [0.25, 0.3) is 0 Å². The van der Waals surface area contributed by atoms with Gasteiger partial charge in [0.15, 0.2) is 5.96 Å². The average molecular weight is 483 g/mol. The summed E-state index contributed by atoms with van der Waals surface area (Å²) >= 11 is 0. The second-order valence-electron chi connectivity index (χ2n) is 5.05. The van der Waals surface area contributed by atoms with Crippen LogP contribution in [0, 0.1) is 0 Å². The quantitative estimate of drug-likeness (QED) is 0.275. The number of aromatic nitrogens is 2. The monoisotopic (exact) mass is 483 g/mol. The van der Waals surface area contributed by atoms with E-state index >= 15 is 0 Å². The normalized spacial score (nSPS) is 11.6. The molecule has 10 heteroatoms. The zero-order chi connectivity index (χ0) is 18.1. The zero-order valence-corrected chi connectivity index (χ0v) is 16.5. The molecule has 0 radical (unpaired) electrons. The molecular formula is C16H21F3IN5O. The molecule has 0 bridgehead atoms. The van der Waals surface area contributed by atoms with Crippen molar-refractivity contribution in [3.8, 4) is 5.88 Å². The van der Waals surface area contributed by atoms with Crippen LogP contribution >= 0.6 is 24.0 Å². The number of halogens is 4. The fourth-order valence-corrected chi connectivity index (χ4v) is 2.08. The molecule has 2 heterocycles. The van der Waals surface area contributed by atoms with Gasteiger partial charge < -0.3 is 19.9 Å². The number of hydrogen-bond acceptors (Lipinski definition) is 3. The van der Waals surface area contributed by atoms with Crippen molar-refractivity contribution in [3.05, 3.63) is 48.4 Å². The second kappa shape index (κ2) is 10.9. The fourth-order valence-electron chi connectivity index (χ4n) is 2.08. The average Bonchev–Trinajstić information content (AvgIpc) is 3.10. The van der Waals surface area contributed by atoms with Gasteiger partial charge in [-0.3, -0.25) is 4.99 Å². The zero-order valence-electron chi connectivity index (χ0n) is 14.2. The Morgan fingerprint density at radius 1 is 1.19 bits per heavy atom. The lowest BCUT2D eigenvalue weighted by molar-refractivity contribution is -0.139. The minimum Gasteiger partial charge on any atom is -0.475 e. The highest BCUT2D eigenvalue weighted by molar-refractivity contribution is 14.0. The van der Waals surface area contributed by atoms with Crippen LogP contribution < -0.4 is 15.4 Å². The maximum absolute atomic E-state index is 12.8. The molecule has 2 aromatic heterocycles. The lowest BCUT2D eigenvalue weighted by atomic mass is 10.2. The van der Waals surface area contributed by atoms with E-state index in [1.165, 1.54) is 12.3 Å². The van der Waals surface area contributed by atoms with E-state index in [2.05, 4.69) is 20.6 Å². The predicted molar refractivity (Wildman–Crippen MR) is 104 cm³/mol. The van der Waals surface area contributed by atoms with E-state index in [-0.39, 0.29) is 37.1 Å². The van der Waals surface area contributed by atoms with Gasteiger partial charge in [0.05, 0.1) is 6.54 Å². The molecule has 0 spiro atoms. The first-order valence-corrected chi connectivity index (χ1v) is 7.71.